The Labute approximate surface area is 151 Å². The van der Waals surface area contributed by atoms with Crippen molar-refractivity contribution in [2.45, 2.75) is 38.8 Å². The van der Waals surface area contributed by atoms with E-state index in [1.807, 2.05) is 13.8 Å². The zero-order chi connectivity index (χ0) is 18.0. The minimum Gasteiger partial charge on any atom is -0.491 e. The van der Waals surface area contributed by atoms with Crippen LogP contribution in [0.4, 0.5) is 4.79 Å². The number of amides is 3. The fourth-order valence-corrected chi connectivity index (χ4v) is 3.95. The molecule has 0 aromatic heterocycles. The summed E-state index contributed by atoms with van der Waals surface area (Å²) in [6.45, 7) is 5.01. The van der Waals surface area contributed by atoms with Gasteiger partial charge >= 0.3 is 0 Å². The lowest BCUT2D eigenvalue weighted by Gasteiger charge is -2.35. The monoisotopic (exact) mass is 362 g/mol. The van der Waals surface area contributed by atoms with Crippen LogP contribution in [-0.4, -0.2) is 57.8 Å². The van der Waals surface area contributed by atoms with E-state index < -0.39 is 0 Å². The third kappa shape index (κ3) is 3.98. The van der Waals surface area contributed by atoms with Crippen LogP contribution in [-0.2, 0) is 4.79 Å². The van der Waals surface area contributed by atoms with Gasteiger partial charge < -0.3 is 9.64 Å². The molecule has 0 spiro atoms. The molecule has 2 heterocycles. The summed E-state index contributed by atoms with van der Waals surface area (Å²) in [5.41, 5.74) is 0.624. The Kier molecular flexibility index (Phi) is 5.32. The van der Waals surface area contributed by atoms with Crippen LogP contribution in [0, 0.1) is 0 Å². The number of hydrogen-bond donors (Lipinski definition) is 0. The molecule has 0 bridgehead atoms. The van der Waals surface area contributed by atoms with Gasteiger partial charge in [-0.05, 0) is 51.0 Å². The Morgan fingerprint density at radius 3 is 2.32 bits per heavy atom. The maximum atomic E-state index is 12.6. The summed E-state index contributed by atoms with van der Waals surface area (Å²) in [4.78, 5) is 39.4. The zero-order valence-electron chi connectivity index (χ0n) is 14.4. The Bertz CT molecular complexity index is 650. The van der Waals surface area contributed by atoms with Gasteiger partial charge in [0.2, 0.25) is 5.91 Å². The second kappa shape index (κ2) is 7.47. The van der Waals surface area contributed by atoms with E-state index in [1.165, 1.54) is 4.90 Å². The third-order valence-corrected chi connectivity index (χ3v) is 5.21. The van der Waals surface area contributed by atoms with E-state index >= 15 is 0 Å². The van der Waals surface area contributed by atoms with Gasteiger partial charge in [0, 0.05) is 24.7 Å². The van der Waals surface area contributed by atoms with Crippen molar-refractivity contribution in [3.8, 4) is 5.75 Å². The molecular formula is C18H22N2O4S. The van der Waals surface area contributed by atoms with Crippen LogP contribution < -0.4 is 4.74 Å². The van der Waals surface area contributed by atoms with Crippen LogP contribution >= 0.6 is 11.8 Å². The number of nitrogens with zero attached hydrogens (tertiary/aromatic N) is 2. The number of imide groups is 1. The number of benzene rings is 1. The van der Waals surface area contributed by atoms with Gasteiger partial charge in [-0.15, -0.1) is 0 Å². The lowest BCUT2D eigenvalue weighted by molar-refractivity contribution is -0.126. The average Bonchev–Trinajstić information content (AvgIpc) is 2.93. The van der Waals surface area contributed by atoms with Crippen molar-refractivity contribution in [3.05, 3.63) is 29.8 Å². The lowest BCUT2D eigenvalue weighted by atomic mass is 10.0. The maximum Gasteiger partial charge on any atom is 0.289 e. The first-order valence-corrected chi connectivity index (χ1v) is 9.49. The first-order valence-electron chi connectivity index (χ1n) is 8.50. The Balaban J connectivity index is 1.58. The van der Waals surface area contributed by atoms with Gasteiger partial charge in [0.15, 0.2) is 0 Å². The number of hydrogen-bond acceptors (Lipinski definition) is 5. The van der Waals surface area contributed by atoms with Gasteiger partial charge in [-0.1, -0.05) is 11.8 Å². The molecule has 0 atom stereocenters. The van der Waals surface area contributed by atoms with Crippen LogP contribution in [0.1, 0.15) is 37.0 Å². The van der Waals surface area contributed by atoms with Gasteiger partial charge in [-0.3, -0.25) is 19.3 Å². The van der Waals surface area contributed by atoms with E-state index in [2.05, 4.69) is 0 Å². The highest BCUT2D eigenvalue weighted by Gasteiger charge is 2.38. The SMILES string of the molecule is CC(C)Oc1ccc(C(=O)N2CCC(N3C(=O)CSC3=O)CC2)cc1. The number of carbonyl (C=O) groups is 3. The second-order valence-corrected chi connectivity index (χ2v) is 7.46. The van der Waals surface area contributed by atoms with Crippen molar-refractivity contribution in [1.82, 2.24) is 9.80 Å². The average molecular weight is 362 g/mol. The van der Waals surface area contributed by atoms with Crippen molar-refractivity contribution < 1.29 is 19.1 Å². The fourth-order valence-electron chi connectivity index (χ4n) is 3.18. The molecule has 0 radical (unpaired) electrons. The molecule has 25 heavy (non-hydrogen) atoms. The second-order valence-electron chi connectivity index (χ2n) is 6.53. The van der Waals surface area contributed by atoms with Gasteiger partial charge in [0.1, 0.15) is 5.75 Å². The highest BCUT2D eigenvalue weighted by molar-refractivity contribution is 8.14. The standard InChI is InChI=1S/C18H22N2O4S/c1-12(2)24-15-5-3-13(4-6-15)17(22)19-9-7-14(8-10-19)20-16(21)11-25-18(20)23/h3-6,12,14H,7-11H2,1-2H3. The van der Waals surface area contributed by atoms with E-state index in [4.69, 9.17) is 4.74 Å². The number of carbonyl (C=O) groups excluding carboxylic acids is 3. The van der Waals surface area contributed by atoms with Crippen molar-refractivity contribution >= 4 is 28.8 Å². The molecular weight excluding hydrogens is 340 g/mol. The van der Waals surface area contributed by atoms with Gasteiger partial charge in [0.05, 0.1) is 11.9 Å². The first kappa shape index (κ1) is 17.8. The summed E-state index contributed by atoms with van der Waals surface area (Å²) in [7, 11) is 0. The molecule has 2 aliphatic rings. The minimum absolute atomic E-state index is 0.0250. The Morgan fingerprint density at radius 2 is 1.80 bits per heavy atom. The van der Waals surface area contributed by atoms with Crippen LogP contribution in [0.25, 0.3) is 0 Å². The van der Waals surface area contributed by atoms with E-state index in [0.717, 1.165) is 17.5 Å². The molecule has 2 fully saturated rings. The molecule has 1 aromatic carbocycles. The van der Waals surface area contributed by atoms with Gasteiger partial charge in [0.25, 0.3) is 11.1 Å². The molecule has 7 heteroatoms. The Morgan fingerprint density at radius 1 is 1.16 bits per heavy atom. The van der Waals surface area contributed by atoms with Crippen LogP contribution in [0.3, 0.4) is 0 Å². The van der Waals surface area contributed by atoms with Crippen LogP contribution in [0.2, 0.25) is 0 Å². The molecule has 3 rings (SSSR count). The lowest BCUT2D eigenvalue weighted by Crippen LogP contribution is -2.48. The summed E-state index contributed by atoms with van der Waals surface area (Å²) in [5, 5.41) is -0.157. The van der Waals surface area contributed by atoms with Crippen LogP contribution in [0.15, 0.2) is 24.3 Å². The smallest absolute Gasteiger partial charge is 0.289 e. The van der Waals surface area contributed by atoms with E-state index in [9.17, 15) is 14.4 Å². The summed E-state index contributed by atoms with van der Waals surface area (Å²) in [6.07, 6.45) is 1.37. The number of piperidine rings is 1. The van der Waals surface area contributed by atoms with Crippen LogP contribution in [0.5, 0.6) is 5.75 Å². The number of rotatable bonds is 4. The molecule has 1 aromatic rings. The van der Waals surface area contributed by atoms with Crippen molar-refractivity contribution in [2.75, 3.05) is 18.8 Å². The van der Waals surface area contributed by atoms with E-state index in [-0.39, 0.29) is 35.0 Å². The summed E-state index contributed by atoms with van der Waals surface area (Å²) in [6, 6.07) is 7.07. The molecule has 6 nitrogen and oxygen atoms in total. The molecule has 0 unspecified atom stereocenters. The molecule has 134 valence electrons. The summed E-state index contributed by atoms with van der Waals surface area (Å²) in [5.74, 6) is 0.848. The number of likely N-dealkylation sites (tertiary alicyclic amines) is 1. The highest BCUT2D eigenvalue weighted by Crippen LogP contribution is 2.27. The van der Waals surface area contributed by atoms with E-state index in [0.29, 0.717) is 31.5 Å². The minimum atomic E-state index is -0.157. The highest BCUT2D eigenvalue weighted by atomic mass is 32.2. The van der Waals surface area contributed by atoms with Crippen molar-refractivity contribution in [3.63, 3.8) is 0 Å². The fraction of sp³-hybridized carbons (Fsp3) is 0.500. The summed E-state index contributed by atoms with van der Waals surface area (Å²) < 4.78 is 5.59. The Hall–Kier alpha value is -2.02. The topological polar surface area (TPSA) is 66.9 Å². The first-order chi connectivity index (χ1) is 12.0. The summed E-state index contributed by atoms with van der Waals surface area (Å²) >= 11 is 1.06. The van der Waals surface area contributed by atoms with E-state index in [1.54, 1.807) is 29.2 Å². The molecule has 0 aliphatic carbocycles. The quantitative estimate of drug-likeness (QED) is 0.824. The molecule has 0 saturated carbocycles. The predicted molar refractivity (Wildman–Crippen MR) is 95.8 cm³/mol. The largest absolute Gasteiger partial charge is 0.491 e. The van der Waals surface area contributed by atoms with Gasteiger partial charge in [-0.2, -0.15) is 0 Å². The molecule has 0 N–H and O–H groups in total. The number of thioether (sulfide) groups is 1. The number of ether oxygens (including phenoxy) is 1. The zero-order valence-corrected chi connectivity index (χ0v) is 15.3. The van der Waals surface area contributed by atoms with Crippen molar-refractivity contribution in [1.29, 1.82) is 0 Å². The normalized spacial score (nSPS) is 19.0. The molecule has 3 amide bonds. The van der Waals surface area contributed by atoms with Crippen molar-refractivity contribution in [2.24, 2.45) is 0 Å². The molecule has 2 aliphatic heterocycles. The van der Waals surface area contributed by atoms with Gasteiger partial charge in [-0.25, -0.2) is 0 Å². The predicted octanol–water partition coefficient (Wildman–Crippen LogP) is 2.77. The third-order valence-electron chi connectivity index (χ3n) is 4.37. The molecule has 2 saturated heterocycles. The maximum absolute atomic E-state index is 12.6.